The van der Waals surface area contributed by atoms with E-state index in [0.717, 1.165) is 30.0 Å². The van der Waals surface area contributed by atoms with E-state index in [1.165, 1.54) is 6.20 Å². The molecule has 1 aliphatic rings. The summed E-state index contributed by atoms with van der Waals surface area (Å²) in [5, 5.41) is 15.1. The number of aromatic amines is 1. The number of hydrogen-bond acceptors (Lipinski definition) is 3. The fraction of sp³-hybridized carbons (Fsp3) is 0.333. The standard InChI is InChI=1S/C24H28N2O3Si/c1-24(10-7-11-24)17-12-21(30(2,3)4)20(27)13-19(17)26-23(29)16-14-25-18-9-6-5-8-15(18)22(16)28/h5-6,8-9,12-14,27H,7,10-11H2,1-4H3,(H,25,28)(H,26,29). The summed E-state index contributed by atoms with van der Waals surface area (Å²) in [5.74, 6) is -0.255. The molecule has 3 aromatic rings. The molecular weight excluding hydrogens is 392 g/mol. The smallest absolute Gasteiger partial charge is 0.261 e. The largest absolute Gasteiger partial charge is 0.508 e. The van der Waals surface area contributed by atoms with Crippen LogP contribution in [0.5, 0.6) is 5.75 Å². The number of hydrogen-bond donors (Lipinski definition) is 3. The summed E-state index contributed by atoms with van der Waals surface area (Å²) in [7, 11) is -1.76. The molecule has 0 radical (unpaired) electrons. The zero-order chi connectivity index (χ0) is 21.7. The molecule has 0 atom stereocenters. The summed E-state index contributed by atoms with van der Waals surface area (Å²) in [6.07, 6.45) is 4.70. The van der Waals surface area contributed by atoms with E-state index in [1.807, 2.05) is 6.07 Å². The molecule has 5 nitrogen and oxygen atoms in total. The molecule has 30 heavy (non-hydrogen) atoms. The van der Waals surface area contributed by atoms with Crippen LogP contribution in [0, 0.1) is 0 Å². The minimum absolute atomic E-state index is 0.0273. The van der Waals surface area contributed by atoms with Crippen molar-refractivity contribution in [3.8, 4) is 5.75 Å². The third-order valence-corrected chi connectivity index (χ3v) is 8.35. The Balaban J connectivity index is 1.78. The Labute approximate surface area is 177 Å². The lowest BCUT2D eigenvalue weighted by Crippen LogP contribution is -2.40. The van der Waals surface area contributed by atoms with Gasteiger partial charge < -0.3 is 15.4 Å². The highest BCUT2D eigenvalue weighted by atomic mass is 28.3. The number of H-pyrrole nitrogens is 1. The van der Waals surface area contributed by atoms with E-state index in [4.69, 9.17) is 0 Å². The Morgan fingerprint density at radius 2 is 1.87 bits per heavy atom. The third kappa shape index (κ3) is 3.45. The molecule has 0 bridgehead atoms. The second kappa shape index (κ2) is 7.13. The number of carbonyl (C=O) groups excluding carboxylic acids is 1. The molecular formula is C24H28N2O3Si. The Morgan fingerprint density at radius 1 is 1.17 bits per heavy atom. The van der Waals surface area contributed by atoms with Gasteiger partial charge in [-0.05, 0) is 41.1 Å². The molecule has 0 spiro atoms. The van der Waals surface area contributed by atoms with E-state index in [0.29, 0.717) is 16.6 Å². The zero-order valence-corrected chi connectivity index (χ0v) is 18.9. The molecule has 1 saturated carbocycles. The lowest BCUT2D eigenvalue weighted by atomic mass is 9.65. The van der Waals surface area contributed by atoms with Crippen LogP contribution in [-0.4, -0.2) is 24.1 Å². The molecule has 0 unspecified atom stereocenters. The second-order valence-corrected chi connectivity index (χ2v) is 14.6. The van der Waals surface area contributed by atoms with Crippen molar-refractivity contribution in [3.05, 3.63) is 63.9 Å². The number of aromatic nitrogens is 1. The van der Waals surface area contributed by atoms with Crippen molar-refractivity contribution in [2.75, 3.05) is 5.32 Å². The van der Waals surface area contributed by atoms with Gasteiger partial charge in [0, 0.05) is 28.9 Å². The number of phenolic OH excluding ortho intramolecular Hbond substituents is 1. The van der Waals surface area contributed by atoms with Crippen LogP contribution in [0.25, 0.3) is 10.9 Å². The molecule has 1 amide bonds. The first-order valence-electron chi connectivity index (χ1n) is 10.4. The van der Waals surface area contributed by atoms with Crippen LogP contribution in [0.2, 0.25) is 19.6 Å². The lowest BCUT2D eigenvalue weighted by Gasteiger charge is -2.41. The van der Waals surface area contributed by atoms with Crippen molar-refractivity contribution in [1.29, 1.82) is 0 Å². The zero-order valence-electron chi connectivity index (χ0n) is 17.9. The minimum atomic E-state index is -1.76. The maximum absolute atomic E-state index is 13.1. The minimum Gasteiger partial charge on any atom is -0.508 e. The van der Waals surface area contributed by atoms with Gasteiger partial charge in [-0.2, -0.15) is 0 Å². The summed E-state index contributed by atoms with van der Waals surface area (Å²) >= 11 is 0. The first-order valence-corrected chi connectivity index (χ1v) is 13.9. The van der Waals surface area contributed by atoms with Crippen molar-refractivity contribution in [3.63, 3.8) is 0 Å². The van der Waals surface area contributed by atoms with Crippen LogP contribution >= 0.6 is 0 Å². The molecule has 1 heterocycles. The van der Waals surface area contributed by atoms with Gasteiger partial charge in [-0.15, -0.1) is 0 Å². The average Bonchev–Trinajstić information content (AvgIpc) is 2.65. The summed E-state index contributed by atoms with van der Waals surface area (Å²) < 4.78 is 0. The highest BCUT2D eigenvalue weighted by molar-refractivity contribution is 6.89. The van der Waals surface area contributed by atoms with Crippen LogP contribution < -0.4 is 15.9 Å². The fourth-order valence-electron chi connectivity index (χ4n) is 4.29. The molecule has 1 aliphatic carbocycles. The molecule has 0 saturated heterocycles. The third-order valence-electron chi connectivity index (χ3n) is 6.33. The van der Waals surface area contributed by atoms with E-state index < -0.39 is 14.0 Å². The first-order chi connectivity index (χ1) is 14.1. The monoisotopic (exact) mass is 420 g/mol. The number of rotatable bonds is 4. The lowest BCUT2D eigenvalue weighted by molar-refractivity contribution is 0.102. The SMILES string of the molecule is CC1(c2cc([Si](C)(C)C)c(O)cc2NC(=O)c2c[nH]c3ccccc3c2=O)CCC1. The first kappa shape index (κ1) is 20.4. The number of nitrogens with one attached hydrogen (secondary N) is 2. The summed E-state index contributed by atoms with van der Waals surface area (Å²) in [4.78, 5) is 28.9. The van der Waals surface area contributed by atoms with Gasteiger partial charge in [-0.25, -0.2) is 0 Å². The van der Waals surface area contributed by atoms with E-state index in [1.54, 1.807) is 24.3 Å². The average molecular weight is 421 g/mol. The van der Waals surface area contributed by atoms with Gasteiger partial charge in [-0.3, -0.25) is 9.59 Å². The van der Waals surface area contributed by atoms with Crippen molar-refractivity contribution in [2.24, 2.45) is 0 Å². The highest BCUT2D eigenvalue weighted by Crippen LogP contribution is 2.46. The number of phenols is 1. The maximum atomic E-state index is 13.1. The number of fused-ring (bicyclic) bond motifs is 1. The Kier molecular flexibility index (Phi) is 4.85. The van der Waals surface area contributed by atoms with Crippen LogP contribution in [-0.2, 0) is 5.41 Å². The van der Waals surface area contributed by atoms with Gasteiger partial charge in [0.1, 0.15) is 11.3 Å². The van der Waals surface area contributed by atoms with Gasteiger partial charge in [0.15, 0.2) is 0 Å². The van der Waals surface area contributed by atoms with Crippen molar-refractivity contribution >= 4 is 35.8 Å². The quantitative estimate of drug-likeness (QED) is 0.545. The van der Waals surface area contributed by atoms with Gasteiger partial charge in [0.25, 0.3) is 5.91 Å². The van der Waals surface area contributed by atoms with Gasteiger partial charge in [0.2, 0.25) is 5.43 Å². The van der Waals surface area contributed by atoms with Gasteiger partial charge >= 0.3 is 0 Å². The number of aromatic hydroxyl groups is 1. The maximum Gasteiger partial charge on any atom is 0.261 e. The molecule has 3 N–H and O–H groups in total. The van der Waals surface area contributed by atoms with Crippen LogP contribution in [0.1, 0.15) is 42.1 Å². The topological polar surface area (TPSA) is 82.2 Å². The van der Waals surface area contributed by atoms with E-state index >= 15 is 0 Å². The predicted octanol–water partition coefficient (Wildman–Crippen LogP) is 4.47. The van der Waals surface area contributed by atoms with Crippen molar-refractivity contribution in [1.82, 2.24) is 4.98 Å². The van der Waals surface area contributed by atoms with E-state index in [-0.39, 0.29) is 22.2 Å². The second-order valence-electron chi connectivity index (χ2n) is 9.61. The van der Waals surface area contributed by atoms with Crippen molar-refractivity contribution < 1.29 is 9.90 Å². The Morgan fingerprint density at radius 3 is 2.50 bits per heavy atom. The Bertz CT molecular complexity index is 1200. The number of anilines is 1. The number of pyridine rings is 1. The number of carbonyl (C=O) groups is 1. The van der Waals surface area contributed by atoms with Gasteiger partial charge in [-0.1, -0.05) is 51.2 Å². The Hall–Kier alpha value is -2.86. The van der Waals surface area contributed by atoms with Crippen LogP contribution in [0.3, 0.4) is 0 Å². The predicted molar refractivity (Wildman–Crippen MR) is 125 cm³/mol. The van der Waals surface area contributed by atoms with Gasteiger partial charge in [0.05, 0.1) is 8.07 Å². The molecule has 2 aromatic carbocycles. The molecule has 4 rings (SSSR count). The normalized spacial score (nSPS) is 15.6. The number of para-hydroxylation sites is 1. The number of amides is 1. The summed E-state index contributed by atoms with van der Waals surface area (Å²) in [6, 6.07) is 10.9. The molecule has 0 aliphatic heterocycles. The molecule has 156 valence electrons. The molecule has 1 fully saturated rings. The fourth-order valence-corrected chi connectivity index (χ4v) is 5.71. The molecule has 1 aromatic heterocycles. The van der Waals surface area contributed by atoms with Crippen LogP contribution in [0.4, 0.5) is 5.69 Å². The van der Waals surface area contributed by atoms with E-state index in [2.05, 4.69) is 42.9 Å². The highest BCUT2D eigenvalue weighted by Gasteiger charge is 2.37. The number of benzene rings is 2. The molecule has 6 heteroatoms. The van der Waals surface area contributed by atoms with Crippen molar-refractivity contribution in [2.45, 2.75) is 51.2 Å². The summed E-state index contributed by atoms with van der Waals surface area (Å²) in [5.41, 5.74) is 2.07. The summed E-state index contributed by atoms with van der Waals surface area (Å²) in [6.45, 7) is 8.79. The van der Waals surface area contributed by atoms with Crippen LogP contribution in [0.15, 0.2) is 47.4 Å². The van der Waals surface area contributed by atoms with E-state index in [9.17, 15) is 14.7 Å².